The maximum absolute atomic E-state index is 13.8. The number of fused-ring (bicyclic) bond motifs is 1. The van der Waals surface area contributed by atoms with E-state index in [-0.39, 0.29) is 11.6 Å². The van der Waals surface area contributed by atoms with Gasteiger partial charge in [-0.2, -0.15) is 5.10 Å². The van der Waals surface area contributed by atoms with E-state index in [9.17, 15) is 14.0 Å². The fraction of sp³-hybridized carbons (Fsp3) is 0.375. The number of rotatable bonds is 3. The lowest BCUT2D eigenvalue weighted by Gasteiger charge is -2.23. The average Bonchev–Trinajstić information content (AvgIpc) is 3.03. The van der Waals surface area contributed by atoms with E-state index in [2.05, 4.69) is 20.7 Å². The van der Waals surface area contributed by atoms with Crippen LogP contribution in [0.4, 0.5) is 14.9 Å². The predicted octanol–water partition coefficient (Wildman–Crippen LogP) is 1.26. The number of hydrogen-bond donors (Lipinski definition) is 2. The number of anilines is 1. The second-order valence-electron chi connectivity index (χ2n) is 6.09. The molecule has 2 heterocycles. The Morgan fingerprint density at radius 2 is 2.16 bits per heavy atom. The van der Waals surface area contributed by atoms with E-state index in [0.717, 1.165) is 24.7 Å². The number of aromatic nitrogens is 3. The SMILES string of the molecule is CN(C)C(=O)c1cc(NC(=O)N[C@H]2CCc3ncnn3C2)ccc1F. The first-order valence-electron chi connectivity index (χ1n) is 7.89. The molecule has 132 valence electrons. The van der Waals surface area contributed by atoms with Gasteiger partial charge in [0.15, 0.2) is 0 Å². The number of amides is 3. The van der Waals surface area contributed by atoms with Crippen LogP contribution >= 0.6 is 0 Å². The molecule has 0 bridgehead atoms. The fourth-order valence-electron chi connectivity index (χ4n) is 2.72. The number of halogens is 1. The van der Waals surface area contributed by atoms with Crippen molar-refractivity contribution in [2.75, 3.05) is 19.4 Å². The van der Waals surface area contributed by atoms with E-state index < -0.39 is 17.8 Å². The number of hydrogen-bond acceptors (Lipinski definition) is 4. The van der Waals surface area contributed by atoms with Crippen LogP contribution in [0.5, 0.6) is 0 Å². The minimum absolute atomic E-state index is 0.0717. The third-order valence-corrected chi connectivity index (χ3v) is 4.00. The molecule has 0 fully saturated rings. The molecule has 0 saturated heterocycles. The van der Waals surface area contributed by atoms with Crippen molar-refractivity contribution in [1.82, 2.24) is 25.0 Å². The van der Waals surface area contributed by atoms with Crippen LogP contribution in [0.3, 0.4) is 0 Å². The zero-order valence-electron chi connectivity index (χ0n) is 14.0. The molecule has 1 aromatic heterocycles. The van der Waals surface area contributed by atoms with Gasteiger partial charge in [0.2, 0.25) is 0 Å². The van der Waals surface area contributed by atoms with Gasteiger partial charge in [-0.25, -0.2) is 18.9 Å². The Labute approximate surface area is 144 Å². The van der Waals surface area contributed by atoms with Gasteiger partial charge in [-0.3, -0.25) is 4.79 Å². The average molecular weight is 346 g/mol. The summed E-state index contributed by atoms with van der Waals surface area (Å²) < 4.78 is 15.6. The molecule has 8 nitrogen and oxygen atoms in total. The highest BCUT2D eigenvalue weighted by Gasteiger charge is 2.21. The van der Waals surface area contributed by atoms with Crippen LogP contribution in [0.1, 0.15) is 22.6 Å². The maximum atomic E-state index is 13.8. The molecule has 0 unspecified atom stereocenters. The minimum Gasteiger partial charge on any atom is -0.345 e. The largest absolute Gasteiger partial charge is 0.345 e. The normalized spacial score (nSPS) is 16.0. The lowest BCUT2D eigenvalue weighted by Crippen LogP contribution is -2.43. The zero-order chi connectivity index (χ0) is 18.0. The van der Waals surface area contributed by atoms with Gasteiger partial charge in [-0.1, -0.05) is 0 Å². The molecule has 2 aromatic rings. The monoisotopic (exact) mass is 346 g/mol. The summed E-state index contributed by atoms with van der Waals surface area (Å²) in [6.45, 7) is 0.552. The summed E-state index contributed by atoms with van der Waals surface area (Å²) in [6.07, 6.45) is 3.00. The number of aryl methyl sites for hydroxylation is 1. The van der Waals surface area contributed by atoms with E-state index in [1.54, 1.807) is 4.68 Å². The Hall–Kier alpha value is -2.97. The van der Waals surface area contributed by atoms with Gasteiger partial charge in [0.25, 0.3) is 5.91 Å². The van der Waals surface area contributed by atoms with Crippen molar-refractivity contribution in [3.8, 4) is 0 Å². The highest BCUT2D eigenvalue weighted by molar-refractivity contribution is 5.96. The van der Waals surface area contributed by atoms with Gasteiger partial charge in [0, 0.05) is 26.2 Å². The summed E-state index contributed by atoms with van der Waals surface area (Å²) in [5, 5.41) is 9.60. The van der Waals surface area contributed by atoms with Gasteiger partial charge in [0.05, 0.1) is 18.2 Å². The maximum Gasteiger partial charge on any atom is 0.319 e. The first-order valence-corrected chi connectivity index (χ1v) is 7.89. The van der Waals surface area contributed by atoms with E-state index in [4.69, 9.17) is 0 Å². The molecular weight excluding hydrogens is 327 g/mol. The molecule has 0 saturated carbocycles. The summed E-state index contributed by atoms with van der Waals surface area (Å²) in [6, 6.07) is 3.42. The lowest BCUT2D eigenvalue weighted by atomic mass is 10.1. The van der Waals surface area contributed by atoms with Gasteiger partial charge < -0.3 is 15.5 Å². The Bertz CT molecular complexity index is 804. The van der Waals surface area contributed by atoms with Gasteiger partial charge >= 0.3 is 6.03 Å². The second kappa shape index (κ2) is 6.88. The van der Waals surface area contributed by atoms with E-state index >= 15 is 0 Å². The third-order valence-electron chi connectivity index (χ3n) is 4.00. The van der Waals surface area contributed by atoms with Gasteiger partial charge in [0.1, 0.15) is 18.0 Å². The molecule has 0 radical (unpaired) electrons. The molecule has 1 aromatic carbocycles. The summed E-state index contributed by atoms with van der Waals surface area (Å²) >= 11 is 0. The lowest BCUT2D eigenvalue weighted by molar-refractivity contribution is 0.0823. The van der Waals surface area contributed by atoms with Crippen LogP contribution < -0.4 is 10.6 Å². The Morgan fingerprint density at radius 1 is 1.36 bits per heavy atom. The van der Waals surface area contributed by atoms with E-state index in [1.807, 2.05) is 0 Å². The molecule has 3 amide bonds. The van der Waals surface area contributed by atoms with Crippen molar-refractivity contribution >= 4 is 17.6 Å². The summed E-state index contributed by atoms with van der Waals surface area (Å²) in [4.78, 5) is 29.5. The molecule has 1 atom stereocenters. The Morgan fingerprint density at radius 3 is 2.92 bits per heavy atom. The van der Waals surface area contributed by atoms with E-state index in [1.165, 1.54) is 37.5 Å². The molecule has 9 heteroatoms. The molecule has 1 aliphatic rings. The fourth-order valence-corrected chi connectivity index (χ4v) is 2.72. The van der Waals surface area contributed by atoms with Crippen LogP contribution in [0.2, 0.25) is 0 Å². The molecule has 2 N–H and O–H groups in total. The van der Waals surface area contributed by atoms with Crippen molar-refractivity contribution in [3.63, 3.8) is 0 Å². The summed E-state index contributed by atoms with van der Waals surface area (Å²) in [7, 11) is 3.08. The Kier molecular flexibility index (Phi) is 4.64. The van der Waals surface area contributed by atoms with Crippen LogP contribution in [0.15, 0.2) is 24.5 Å². The Balaban J connectivity index is 1.63. The van der Waals surface area contributed by atoms with E-state index in [0.29, 0.717) is 12.2 Å². The van der Waals surface area contributed by atoms with Crippen molar-refractivity contribution in [2.24, 2.45) is 0 Å². The molecule has 0 aliphatic carbocycles. The first kappa shape index (κ1) is 16.9. The third kappa shape index (κ3) is 3.76. The summed E-state index contributed by atoms with van der Waals surface area (Å²) in [5.41, 5.74) is 0.258. The highest BCUT2D eigenvalue weighted by atomic mass is 19.1. The smallest absolute Gasteiger partial charge is 0.319 e. The topological polar surface area (TPSA) is 92.2 Å². The number of carbonyl (C=O) groups excluding carboxylic acids is 2. The van der Waals surface area contributed by atoms with Crippen molar-refractivity contribution in [2.45, 2.75) is 25.4 Å². The predicted molar refractivity (Wildman–Crippen MR) is 88.7 cm³/mol. The first-order chi connectivity index (χ1) is 11.9. The van der Waals surface area contributed by atoms with Crippen molar-refractivity contribution in [1.29, 1.82) is 0 Å². The van der Waals surface area contributed by atoms with Crippen LogP contribution in [0, 0.1) is 5.82 Å². The highest BCUT2D eigenvalue weighted by Crippen LogP contribution is 2.17. The van der Waals surface area contributed by atoms with Crippen LogP contribution in [-0.2, 0) is 13.0 Å². The number of benzene rings is 1. The van der Waals surface area contributed by atoms with Crippen molar-refractivity contribution < 1.29 is 14.0 Å². The van der Waals surface area contributed by atoms with Crippen LogP contribution in [-0.4, -0.2) is 51.7 Å². The molecule has 25 heavy (non-hydrogen) atoms. The standard InChI is InChI=1S/C16H19FN6O2/c1-22(2)15(24)12-7-10(3-5-13(12)17)20-16(25)21-11-4-6-14-18-9-19-23(14)8-11/h3,5,7,9,11H,4,6,8H2,1-2H3,(H2,20,21,25)/t11-/m0/s1. The molecule has 0 spiro atoms. The number of nitrogens with zero attached hydrogens (tertiary/aromatic N) is 4. The van der Waals surface area contributed by atoms with Crippen LogP contribution in [0.25, 0.3) is 0 Å². The number of nitrogens with one attached hydrogen (secondary N) is 2. The van der Waals surface area contributed by atoms with Gasteiger partial charge in [-0.15, -0.1) is 0 Å². The zero-order valence-corrected chi connectivity index (χ0v) is 14.0. The number of urea groups is 1. The summed E-state index contributed by atoms with van der Waals surface area (Å²) in [5.74, 6) is -0.188. The molecular formula is C16H19FN6O2. The second-order valence-corrected chi connectivity index (χ2v) is 6.09. The quantitative estimate of drug-likeness (QED) is 0.875. The van der Waals surface area contributed by atoms with Gasteiger partial charge in [-0.05, 0) is 24.6 Å². The molecule has 1 aliphatic heterocycles. The van der Waals surface area contributed by atoms with Crippen molar-refractivity contribution in [3.05, 3.63) is 41.7 Å². The molecule has 3 rings (SSSR count). The number of carbonyl (C=O) groups is 2. The minimum atomic E-state index is -0.629.